The molecule has 2 saturated heterocycles. The van der Waals surface area contributed by atoms with Crippen molar-refractivity contribution in [2.45, 2.75) is 71.4 Å². The molecule has 6 nitrogen and oxygen atoms in total. The molecule has 2 aliphatic rings. The Bertz CT molecular complexity index is 694. The van der Waals surface area contributed by atoms with Crippen LogP contribution in [0.5, 0.6) is 0 Å². The Morgan fingerprint density at radius 1 is 1.10 bits per heavy atom. The van der Waals surface area contributed by atoms with Crippen LogP contribution in [0.1, 0.15) is 64.4 Å². The Hall–Kier alpha value is -1.35. The van der Waals surface area contributed by atoms with Gasteiger partial charge in [-0.15, -0.1) is 24.0 Å². The van der Waals surface area contributed by atoms with Crippen LogP contribution in [0.3, 0.4) is 0 Å². The SMILES string of the molecule is CCNC(=NCc1ccc(N2CCCC2=O)cc1)NCCCCN1CCCCC1C.I. The third-order valence-electron chi connectivity index (χ3n) is 6.19. The number of amides is 1. The monoisotopic (exact) mass is 541 g/mol. The zero-order valence-electron chi connectivity index (χ0n) is 19.2. The summed E-state index contributed by atoms with van der Waals surface area (Å²) < 4.78 is 0. The predicted octanol–water partition coefficient (Wildman–Crippen LogP) is 4.14. The molecule has 31 heavy (non-hydrogen) atoms. The second-order valence-corrected chi connectivity index (χ2v) is 8.53. The molecule has 0 saturated carbocycles. The average molecular weight is 542 g/mol. The number of benzene rings is 1. The molecule has 0 aliphatic carbocycles. The first kappa shape index (κ1) is 25.9. The van der Waals surface area contributed by atoms with E-state index in [1.54, 1.807) is 0 Å². The number of carbonyl (C=O) groups excluding carboxylic acids is 1. The molecule has 2 aliphatic heterocycles. The van der Waals surface area contributed by atoms with Gasteiger partial charge in [0.1, 0.15) is 0 Å². The summed E-state index contributed by atoms with van der Waals surface area (Å²) in [6.07, 6.45) is 8.11. The number of likely N-dealkylation sites (tertiary alicyclic amines) is 1. The van der Waals surface area contributed by atoms with Gasteiger partial charge < -0.3 is 20.4 Å². The van der Waals surface area contributed by atoms with E-state index in [-0.39, 0.29) is 29.9 Å². The summed E-state index contributed by atoms with van der Waals surface area (Å²) in [5, 5.41) is 6.81. The van der Waals surface area contributed by atoms with Crippen molar-refractivity contribution in [1.82, 2.24) is 15.5 Å². The molecule has 0 bridgehead atoms. The van der Waals surface area contributed by atoms with Gasteiger partial charge in [0.15, 0.2) is 5.96 Å². The van der Waals surface area contributed by atoms with E-state index < -0.39 is 0 Å². The largest absolute Gasteiger partial charge is 0.357 e. The minimum Gasteiger partial charge on any atom is -0.357 e. The molecule has 2 heterocycles. The lowest BCUT2D eigenvalue weighted by Gasteiger charge is -2.33. The van der Waals surface area contributed by atoms with E-state index >= 15 is 0 Å². The van der Waals surface area contributed by atoms with Crippen molar-refractivity contribution in [3.63, 3.8) is 0 Å². The fourth-order valence-corrected chi connectivity index (χ4v) is 4.35. The highest BCUT2D eigenvalue weighted by atomic mass is 127. The second kappa shape index (κ2) is 13.9. The third kappa shape index (κ3) is 8.25. The number of piperidine rings is 1. The van der Waals surface area contributed by atoms with Gasteiger partial charge in [0.2, 0.25) is 5.91 Å². The van der Waals surface area contributed by atoms with E-state index in [9.17, 15) is 4.79 Å². The van der Waals surface area contributed by atoms with Crippen molar-refractivity contribution in [2.24, 2.45) is 4.99 Å². The highest BCUT2D eigenvalue weighted by Gasteiger charge is 2.21. The molecule has 1 amide bonds. The van der Waals surface area contributed by atoms with Crippen molar-refractivity contribution in [3.8, 4) is 0 Å². The van der Waals surface area contributed by atoms with Crippen molar-refractivity contribution in [1.29, 1.82) is 0 Å². The Morgan fingerprint density at radius 3 is 2.58 bits per heavy atom. The van der Waals surface area contributed by atoms with E-state index in [1.807, 2.05) is 17.0 Å². The van der Waals surface area contributed by atoms with Gasteiger partial charge >= 0.3 is 0 Å². The zero-order valence-corrected chi connectivity index (χ0v) is 21.6. The number of rotatable bonds is 9. The summed E-state index contributed by atoms with van der Waals surface area (Å²) in [5.74, 6) is 1.11. The summed E-state index contributed by atoms with van der Waals surface area (Å²) in [6, 6.07) is 8.98. The highest BCUT2D eigenvalue weighted by Crippen LogP contribution is 2.21. The number of nitrogens with one attached hydrogen (secondary N) is 2. The number of anilines is 1. The van der Waals surface area contributed by atoms with Gasteiger partial charge in [0.05, 0.1) is 6.54 Å². The molecule has 2 N–H and O–H groups in total. The quantitative estimate of drug-likeness (QED) is 0.214. The van der Waals surface area contributed by atoms with Crippen LogP contribution in [0.4, 0.5) is 5.69 Å². The number of unbranched alkanes of at least 4 members (excludes halogenated alkanes) is 1. The first-order chi connectivity index (χ1) is 14.7. The Balaban J connectivity index is 0.00000341. The Kier molecular flexibility index (Phi) is 11.6. The van der Waals surface area contributed by atoms with Crippen LogP contribution in [-0.2, 0) is 11.3 Å². The van der Waals surface area contributed by atoms with Crippen LogP contribution in [0, 0.1) is 0 Å². The molecule has 3 rings (SSSR count). The van der Waals surface area contributed by atoms with Crippen LogP contribution >= 0.6 is 24.0 Å². The number of aliphatic imine (C=N–C) groups is 1. The van der Waals surface area contributed by atoms with Crippen LogP contribution in [-0.4, -0.2) is 55.5 Å². The molecule has 1 atom stereocenters. The molecule has 7 heteroatoms. The summed E-state index contributed by atoms with van der Waals surface area (Å²) in [4.78, 5) is 21.1. The Morgan fingerprint density at radius 2 is 1.90 bits per heavy atom. The van der Waals surface area contributed by atoms with E-state index in [4.69, 9.17) is 4.99 Å². The van der Waals surface area contributed by atoms with Gasteiger partial charge in [-0.1, -0.05) is 18.6 Å². The molecular weight excluding hydrogens is 501 g/mol. The topological polar surface area (TPSA) is 60.0 Å². The molecule has 0 spiro atoms. The second-order valence-electron chi connectivity index (χ2n) is 8.53. The summed E-state index contributed by atoms with van der Waals surface area (Å²) in [7, 11) is 0. The van der Waals surface area contributed by atoms with E-state index in [0.29, 0.717) is 13.0 Å². The van der Waals surface area contributed by atoms with Crippen molar-refractivity contribution in [2.75, 3.05) is 37.6 Å². The highest BCUT2D eigenvalue weighted by molar-refractivity contribution is 14.0. The summed E-state index contributed by atoms with van der Waals surface area (Å²) in [6.45, 7) is 10.2. The van der Waals surface area contributed by atoms with E-state index in [2.05, 4.69) is 41.5 Å². The van der Waals surface area contributed by atoms with Gasteiger partial charge in [-0.2, -0.15) is 0 Å². The molecule has 0 radical (unpaired) electrons. The lowest BCUT2D eigenvalue weighted by atomic mass is 10.0. The maximum atomic E-state index is 11.9. The lowest BCUT2D eigenvalue weighted by molar-refractivity contribution is -0.117. The summed E-state index contributed by atoms with van der Waals surface area (Å²) >= 11 is 0. The first-order valence-electron chi connectivity index (χ1n) is 11.8. The fraction of sp³-hybridized carbons (Fsp3) is 0.667. The smallest absolute Gasteiger partial charge is 0.227 e. The minimum absolute atomic E-state index is 0. The summed E-state index contributed by atoms with van der Waals surface area (Å²) in [5.41, 5.74) is 2.15. The first-order valence-corrected chi connectivity index (χ1v) is 11.8. The number of nitrogens with zero attached hydrogens (tertiary/aromatic N) is 3. The number of hydrogen-bond acceptors (Lipinski definition) is 3. The van der Waals surface area contributed by atoms with Crippen LogP contribution < -0.4 is 15.5 Å². The normalized spacial score (nSPS) is 19.9. The maximum Gasteiger partial charge on any atom is 0.227 e. The molecule has 1 aromatic carbocycles. The van der Waals surface area contributed by atoms with Gasteiger partial charge in [-0.05, 0) is 76.7 Å². The zero-order chi connectivity index (χ0) is 21.2. The van der Waals surface area contributed by atoms with Crippen molar-refractivity contribution < 1.29 is 4.79 Å². The van der Waals surface area contributed by atoms with Gasteiger partial charge in [0, 0.05) is 37.8 Å². The lowest BCUT2D eigenvalue weighted by Crippen LogP contribution is -2.39. The molecule has 1 unspecified atom stereocenters. The number of guanidine groups is 1. The molecule has 2 fully saturated rings. The van der Waals surface area contributed by atoms with Gasteiger partial charge in [-0.3, -0.25) is 4.79 Å². The van der Waals surface area contributed by atoms with Crippen molar-refractivity contribution in [3.05, 3.63) is 29.8 Å². The van der Waals surface area contributed by atoms with Crippen LogP contribution in [0.25, 0.3) is 0 Å². The fourth-order valence-electron chi connectivity index (χ4n) is 4.35. The van der Waals surface area contributed by atoms with Gasteiger partial charge in [0.25, 0.3) is 0 Å². The van der Waals surface area contributed by atoms with Crippen molar-refractivity contribution >= 4 is 41.5 Å². The number of halogens is 1. The maximum absolute atomic E-state index is 11.9. The van der Waals surface area contributed by atoms with E-state index in [1.165, 1.54) is 38.8 Å². The molecule has 174 valence electrons. The van der Waals surface area contributed by atoms with Gasteiger partial charge in [-0.25, -0.2) is 4.99 Å². The predicted molar refractivity (Wildman–Crippen MR) is 140 cm³/mol. The van der Waals surface area contributed by atoms with Crippen LogP contribution in [0.2, 0.25) is 0 Å². The average Bonchev–Trinajstić information content (AvgIpc) is 3.19. The molecule has 1 aromatic rings. The number of carbonyl (C=O) groups is 1. The standard InChI is InChI=1S/C24H39N5O.HI/c1-3-25-24(26-15-5-7-17-28-16-6-4-9-20(28)2)27-19-21-11-13-22(14-12-21)29-18-8-10-23(29)30;/h11-14,20H,3-10,15-19H2,1-2H3,(H2,25,26,27);1H. The third-order valence-corrected chi connectivity index (χ3v) is 6.19. The number of hydrogen-bond donors (Lipinski definition) is 2. The minimum atomic E-state index is 0. The molecule has 0 aromatic heterocycles. The van der Waals surface area contributed by atoms with E-state index in [0.717, 1.165) is 55.7 Å². The Labute approximate surface area is 205 Å². The molecular formula is C24H40IN5O. The van der Waals surface area contributed by atoms with Crippen LogP contribution in [0.15, 0.2) is 29.3 Å².